The summed E-state index contributed by atoms with van der Waals surface area (Å²) in [6.07, 6.45) is 5.07. The van der Waals surface area contributed by atoms with E-state index in [1.807, 2.05) is 12.3 Å². The zero-order valence-electron chi connectivity index (χ0n) is 18.2. The summed E-state index contributed by atoms with van der Waals surface area (Å²) in [4.78, 5) is 6.65. The maximum absolute atomic E-state index is 11.0. The van der Waals surface area contributed by atoms with Crippen LogP contribution in [-0.4, -0.2) is 51.6 Å². The molecule has 2 aliphatic heterocycles. The van der Waals surface area contributed by atoms with Crippen LogP contribution >= 0.6 is 0 Å². The molecular formula is C23H29N5O3. The van der Waals surface area contributed by atoms with E-state index in [4.69, 9.17) is 9.47 Å². The standard InChI is InChI=1S/C23H29N5O3/c1-15(2)23(3)13-16-11-18(19(12-20(16)31-23)27-7-9-30-10-8-27)26-22(29)17-14-25-28-6-4-5-24-21(17)28/h4-6,11-12,14-15,22,26,29H,7-10,13H2,1-3H3/t22?,23-/m0/s1. The first kappa shape index (κ1) is 20.1. The Hall–Kier alpha value is -2.84. The number of aliphatic hydroxyl groups is 1. The molecule has 164 valence electrons. The molecule has 4 heterocycles. The van der Waals surface area contributed by atoms with E-state index in [1.165, 1.54) is 0 Å². The molecule has 1 aromatic carbocycles. The van der Waals surface area contributed by atoms with Crippen molar-refractivity contribution in [3.05, 3.63) is 47.9 Å². The SMILES string of the molecule is CC(C)[C@]1(C)Cc2cc(NC(O)c3cnn4cccnc34)c(N3CCOCC3)cc2O1. The molecule has 1 unspecified atom stereocenters. The molecule has 5 rings (SSSR count). The van der Waals surface area contributed by atoms with Crippen molar-refractivity contribution in [2.75, 3.05) is 36.5 Å². The Morgan fingerprint density at radius 1 is 1.23 bits per heavy atom. The molecule has 0 amide bonds. The highest BCUT2D eigenvalue weighted by molar-refractivity contribution is 5.75. The molecule has 0 spiro atoms. The van der Waals surface area contributed by atoms with Crippen LogP contribution in [0.2, 0.25) is 0 Å². The summed E-state index contributed by atoms with van der Waals surface area (Å²) < 4.78 is 13.6. The third-order valence-electron chi connectivity index (χ3n) is 6.53. The molecule has 1 fully saturated rings. The van der Waals surface area contributed by atoms with Gasteiger partial charge in [-0.1, -0.05) is 13.8 Å². The van der Waals surface area contributed by atoms with Crippen LogP contribution in [0.3, 0.4) is 0 Å². The van der Waals surface area contributed by atoms with Crippen LogP contribution in [0, 0.1) is 5.92 Å². The number of nitrogens with one attached hydrogen (secondary N) is 1. The van der Waals surface area contributed by atoms with Gasteiger partial charge in [0.05, 0.1) is 36.3 Å². The molecule has 2 N–H and O–H groups in total. The van der Waals surface area contributed by atoms with E-state index < -0.39 is 6.23 Å². The molecule has 1 saturated heterocycles. The van der Waals surface area contributed by atoms with Crippen LogP contribution in [0.25, 0.3) is 5.65 Å². The Morgan fingerprint density at radius 2 is 2.03 bits per heavy atom. The summed E-state index contributed by atoms with van der Waals surface area (Å²) in [5.41, 5.74) is 4.08. The highest BCUT2D eigenvalue weighted by Gasteiger charge is 2.38. The van der Waals surface area contributed by atoms with E-state index in [2.05, 4.69) is 53.2 Å². The fourth-order valence-electron chi connectivity index (χ4n) is 4.28. The molecule has 8 heteroatoms. The van der Waals surface area contributed by atoms with Crippen LogP contribution in [-0.2, 0) is 11.2 Å². The van der Waals surface area contributed by atoms with Crippen LogP contribution < -0.4 is 15.0 Å². The van der Waals surface area contributed by atoms with E-state index in [-0.39, 0.29) is 5.60 Å². The lowest BCUT2D eigenvalue weighted by Gasteiger charge is -2.32. The Bertz CT molecular complexity index is 1090. The second kappa shape index (κ2) is 7.69. The van der Waals surface area contributed by atoms with Crippen molar-refractivity contribution >= 4 is 17.0 Å². The molecule has 0 bridgehead atoms. The van der Waals surface area contributed by atoms with Gasteiger partial charge in [-0.25, -0.2) is 9.50 Å². The summed E-state index contributed by atoms with van der Waals surface area (Å²) in [7, 11) is 0. The van der Waals surface area contributed by atoms with E-state index >= 15 is 0 Å². The summed E-state index contributed by atoms with van der Waals surface area (Å²) >= 11 is 0. The van der Waals surface area contributed by atoms with Crippen molar-refractivity contribution in [3.63, 3.8) is 0 Å². The van der Waals surface area contributed by atoms with Gasteiger partial charge in [-0.2, -0.15) is 5.10 Å². The lowest BCUT2D eigenvalue weighted by Crippen LogP contribution is -2.37. The molecule has 2 atom stereocenters. The van der Waals surface area contributed by atoms with Gasteiger partial charge in [0.2, 0.25) is 0 Å². The third kappa shape index (κ3) is 3.59. The number of benzene rings is 1. The van der Waals surface area contributed by atoms with Crippen molar-refractivity contribution in [1.82, 2.24) is 14.6 Å². The summed E-state index contributed by atoms with van der Waals surface area (Å²) in [5, 5.41) is 18.7. The maximum atomic E-state index is 11.0. The van der Waals surface area contributed by atoms with Gasteiger partial charge in [0, 0.05) is 43.5 Å². The minimum Gasteiger partial charge on any atom is -0.487 e. The Morgan fingerprint density at radius 3 is 2.81 bits per heavy atom. The van der Waals surface area contributed by atoms with Gasteiger partial charge in [0.25, 0.3) is 0 Å². The van der Waals surface area contributed by atoms with Crippen LogP contribution in [0.15, 0.2) is 36.8 Å². The van der Waals surface area contributed by atoms with Crippen molar-refractivity contribution in [1.29, 1.82) is 0 Å². The quantitative estimate of drug-likeness (QED) is 0.610. The number of anilines is 2. The largest absolute Gasteiger partial charge is 0.487 e. The molecule has 0 radical (unpaired) electrons. The minimum atomic E-state index is -0.941. The highest BCUT2D eigenvalue weighted by Crippen LogP contribution is 2.44. The zero-order valence-corrected chi connectivity index (χ0v) is 18.2. The van der Waals surface area contributed by atoms with Gasteiger partial charge in [-0.3, -0.25) is 0 Å². The van der Waals surface area contributed by atoms with Gasteiger partial charge in [0.1, 0.15) is 11.4 Å². The van der Waals surface area contributed by atoms with Gasteiger partial charge in [-0.15, -0.1) is 0 Å². The van der Waals surface area contributed by atoms with Crippen molar-refractivity contribution in [2.24, 2.45) is 5.92 Å². The second-order valence-corrected chi connectivity index (χ2v) is 8.86. The monoisotopic (exact) mass is 423 g/mol. The number of aliphatic hydroxyl groups excluding tert-OH is 1. The van der Waals surface area contributed by atoms with Crippen LogP contribution in [0.1, 0.15) is 38.1 Å². The van der Waals surface area contributed by atoms with E-state index in [0.717, 1.165) is 42.2 Å². The average molecular weight is 424 g/mol. The number of morpholine rings is 1. The first-order valence-electron chi connectivity index (χ1n) is 10.9. The normalized spacial score (nSPS) is 21.9. The third-order valence-corrected chi connectivity index (χ3v) is 6.53. The van der Waals surface area contributed by atoms with Crippen molar-refractivity contribution in [2.45, 2.75) is 39.0 Å². The smallest absolute Gasteiger partial charge is 0.162 e. The van der Waals surface area contributed by atoms with Gasteiger partial charge >= 0.3 is 0 Å². The van der Waals surface area contributed by atoms with Crippen molar-refractivity contribution < 1.29 is 14.6 Å². The highest BCUT2D eigenvalue weighted by atomic mass is 16.5. The zero-order chi connectivity index (χ0) is 21.6. The lowest BCUT2D eigenvalue weighted by molar-refractivity contribution is 0.0646. The van der Waals surface area contributed by atoms with E-state index in [1.54, 1.807) is 16.9 Å². The molecular weight excluding hydrogens is 394 g/mol. The summed E-state index contributed by atoms with van der Waals surface area (Å²) in [6.45, 7) is 9.50. The first-order valence-corrected chi connectivity index (χ1v) is 10.9. The lowest BCUT2D eigenvalue weighted by atomic mass is 9.88. The van der Waals surface area contributed by atoms with E-state index in [0.29, 0.717) is 30.3 Å². The predicted octanol–water partition coefficient (Wildman–Crippen LogP) is 3.02. The van der Waals surface area contributed by atoms with Crippen LogP contribution in [0.5, 0.6) is 5.75 Å². The number of hydrogen-bond acceptors (Lipinski definition) is 7. The van der Waals surface area contributed by atoms with Gasteiger partial charge < -0.3 is 24.8 Å². The van der Waals surface area contributed by atoms with Gasteiger partial charge in [-0.05, 0) is 25.0 Å². The Balaban J connectivity index is 1.51. The number of ether oxygens (including phenoxy) is 2. The van der Waals surface area contributed by atoms with Gasteiger partial charge in [0.15, 0.2) is 11.9 Å². The summed E-state index contributed by atoms with van der Waals surface area (Å²) in [5.74, 6) is 1.31. The predicted molar refractivity (Wildman–Crippen MR) is 119 cm³/mol. The van der Waals surface area contributed by atoms with E-state index in [9.17, 15) is 5.11 Å². The maximum Gasteiger partial charge on any atom is 0.162 e. The topological polar surface area (TPSA) is 84.2 Å². The molecule has 2 aliphatic rings. The number of aromatic nitrogens is 3. The fraction of sp³-hybridized carbons (Fsp3) is 0.478. The van der Waals surface area contributed by atoms with Crippen LogP contribution in [0.4, 0.5) is 11.4 Å². The average Bonchev–Trinajstić information content (AvgIpc) is 3.34. The minimum absolute atomic E-state index is 0.228. The molecule has 0 aliphatic carbocycles. The molecule has 8 nitrogen and oxygen atoms in total. The first-order chi connectivity index (χ1) is 14.9. The Labute approximate surface area is 181 Å². The number of hydrogen-bond donors (Lipinski definition) is 2. The van der Waals surface area contributed by atoms with Crippen molar-refractivity contribution in [3.8, 4) is 5.75 Å². The number of fused-ring (bicyclic) bond motifs is 2. The molecule has 3 aromatic rings. The second-order valence-electron chi connectivity index (χ2n) is 8.86. The number of rotatable bonds is 5. The number of nitrogens with zero attached hydrogens (tertiary/aromatic N) is 4. The fourth-order valence-corrected chi connectivity index (χ4v) is 4.28. The molecule has 31 heavy (non-hydrogen) atoms. The molecule has 2 aromatic heterocycles. The Kier molecular flexibility index (Phi) is 4.98. The summed E-state index contributed by atoms with van der Waals surface area (Å²) in [6, 6.07) is 6.04. The molecule has 0 saturated carbocycles.